The second kappa shape index (κ2) is 9.80. The average Bonchev–Trinajstić information content (AvgIpc) is 2.98. The summed E-state index contributed by atoms with van der Waals surface area (Å²) in [5, 5.41) is 13.7. The molecule has 3 amide bonds. The van der Waals surface area contributed by atoms with E-state index in [2.05, 4.69) is 10.6 Å². The van der Waals surface area contributed by atoms with Crippen LogP contribution in [-0.2, 0) is 22.6 Å². The second-order valence-corrected chi connectivity index (χ2v) is 6.84. The maximum absolute atomic E-state index is 12.1. The Labute approximate surface area is 159 Å². The Morgan fingerprint density at radius 3 is 2.37 bits per heavy atom. The van der Waals surface area contributed by atoms with Crippen molar-refractivity contribution in [3.63, 3.8) is 0 Å². The van der Waals surface area contributed by atoms with Crippen LogP contribution in [0.2, 0.25) is 0 Å². The van der Waals surface area contributed by atoms with Crippen LogP contribution in [-0.4, -0.2) is 40.2 Å². The zero-order valence-electron chi connectivity index (χ0n) is 16.6. The van der Waals surface area contributed by atoms with Gasteiger partial charge in [0.2, 0.25) is 0 Å². The van der Waals surface area contributed by atoms with Gasteiger partial charge in [-0.15, -0.1) is 0 Å². The van der Waals surface area contributed by atoms with Gasteiger partial charge in [-0.3, -0.25) is 9.69 Å². The molecular formula is C19H29N3O5. The van der Waals surface area contributed by atoms with Gasteiger partial charge in [0.1, 0.15) is 5.60 Å². The number of carboxylic acid groups (broad SMARTS) is 1. The largest absolute Gasteiger partial charge is 0.481 e. The van der Waals surface area contributed by atoms with Gasteiger partial charge in [-0.05, 0) is 44.0 Å². The Balaban J connectivity index is 0.00000176. The number of ether oxygens (including phenoxy) is 1. The lowest BCUT2D eigenvalue weighted by Gasteiger charge is -2.24. The van der Waals surface area contributed by atoms with Gasteiger partial charge in [0, 0.05) is 25.3 Å². The molecule has 3 N–H and O–H groups in total. The van der Waals surface area contributed by atoms with E-state index in [1.165, 1.54) is 0 Å². The first-order valence-electron chi connectivity index (χ1n) is 9.00. The van der Waals surface area contributed by atoms with E-state index >= 15 is 0 Å². The molecule has 1 aromatic carbocycles. The Bertz CT molecular complexity index is 682. The zero-order valence-corrected chi connectivity index (χ0v) is 16.6. The maximum Gasteiger partial charge on any atom is 0.410 e. The van der Waals surface area contributed by atoms with E-state index in [-0.39, 0.29) is 19.1 Å². The van der Waals surface area contributed by atoms with E-state index in [4.69, 9.17) is 9.84 Å². The van der Waals surface area contributed by atoms with Crippen LogP contribution in [0.1, 0.15) is 52.2 Å². The van der Waals surface area contributed by atoms with E-state index in [0.29, 0.717) is 18.8 Å². The number of hydrogen-bond donors (Lipinski definition) is 3. The summed E-state index contributed by atoms with van der Waals surface area (Å²) in [6.45, 7) is 10.4. The van der Waals surface area contributed by atoms with Gasteiger partial charge in [-0.1, -0.05) is 19.9 Å². The van der Waals surface area contributed by atoms with Gasteiger partial charge >= 0.3 is 18.1 Å². The predicted molar refractivity (Wildman–Crippen MR) is 103 cm³/mol. The number of nitrogens with zero attached hydrogens (tertiary/aromatic N) is 1. The molecule has 0 spiro atoms. The topological polar surface area (TPSA) is 108 Å². The summed E-state index contributed by atoms with van der Waals surface area (Å²) < 4.78 is 5.37. The minimum atomic E-state index is -0.972. The van der Waals surface area contributed by atoms with Crippen LogP contribution >= 0.6 is 0 Å². The number of carbonyl (C=O) groups excluding carboxylic acids is 2. The molecule has 0 unspecified atom stereocenters. The summed E-state index contributed by atoms with van der Waals surface area (Å²) >= 11 is 0. The number of nitrogens with one attached hydrogen (secondary N) is 2. The van der Waals surface area contributed by atoms with Crippen molar-refractivity contribution in [2.75, 3.05) is 11.9 Å². The monoisotopic (exact) mass is 379 g/mol. The maximum atomic E-state index is 12.1. The molecule has 150 valence electrons. The fraction of sp³-hybridized carbons (Fsp3) is 0.526. The van der Waals surface area contributed by atoms with Crippen LogP contribution in [0.3, 0.4) is 0 Å². The lowest BCUT2D eigenvalue weighted by Crippen LogP contribution is -2.33. The minimum absolute atomic E-state index is 0.0541. The lowest BCUT2D eigenvalue weighted by molar-refractivity contribution is -0.136. The van der Waals surface area contributed by atoms with Crippen LogP contribution in [0.5, 0.6) is 0 Å². The molecule has 8 heteroatoms. The average molecular weight is 379 g/mol. The van der Waals surface area contributed by atoms with Crippen LogP contribution in [0, 0.1) is 0 Å². The van der Waals surface area contributed by atoms with Crippen molar-refractivity contribution in [1.82, 2.24) is 10.2 Å². The van der Waals surface area contributed by atoms with Gasteiger partial charge < -0.3 is 20.5 Å². The number of aliphatic carboxylic acids is 1. The number of urea groups is 1. The standard InChI is InChI=1S/C17H23N3O5.C2H6/c1-17(2,3)25-16(24)20-9-11-4-5-13(8-12(11)10-20)19-15(23)18-7-6-14(21)22;1-2/h4-5,8H,6-7,9-10H2,1-3H3,(H,21,22)(H2,18,19,23);1-2H3. The van der Waals surface area contributed by atoms with Crippen LogP contribution in [0.15, 0.2) is 18.2 Å². The van der Waals surface area contributed by atoms with E-state index in [1.54, 1.807) is 17.0 Å². The minimum Gasteiger partial charge on any atom is -0.481 e. The molecule has 27 heavy (non-hydrogen) atoms. The molecule has 0 aromatic heterocycles. The summed E-state index contributed by atoms with van der Waals surface area (Å²) in [6, 6.07) is 4.93. The number of hydrogen-bond acceptors (Lipinski definition) is 4. The highest BCUT2D eigenvalue weighted by Crippen LogP contribution is 2.27. The van der Waals surface area contributed by atoms with E-state index in [1.807, 2.05) is 40.7 Å². The molecule has 0 radical (unpaired) electrons. The molecule has 1 aromatic rings. The summed E-state index contributed by atoms with van der Waals surface area (Å²) in [4.78, 5) is 35.9. The Hall–Kier alpha value is -2.77. The fourth-order valence-corrected chi connectivity index (χ4v) is 2.39. The van der Waals surface area contributed by atoms with Crippen molar-refractivity contribution in [2.24, 2.45) is 0 Å². The second-order valence-electron chi connectivity index (χ2n) is 6.84. The first-order valence-corrected chi connectivity index (χ1v) is 9.00. The van der Waals surface area contributed by atoms with Crippen LogP contribution in [0.25, 0.3) is 0 Å². The lowest BCUT2D eigenvalue weighted by atomic mass is 10.1. The number of rotatable bonds is 4. The van der Waals surface area contributed by atoms with Crippen LogP contribution < -0.4 is 10.6 Å². The molecular weight excluding hydrogens is 350 g/mol. The Kier molecular flexibility index (Phi) is 8.08. The molecule has 0 saturated carbocycles. The number of carbonyl (C=O) groups is 3. The Morgan fingerprint density at radius 2 is 1.78 bits per heavy atom. The highest BCUT2D eigenvalue weighted by Gasteiger charge is 2.27. The SMILES string of the molecule is CC.CC(C)(C)OC(=O)N1Cc2ccc(NC(=O)NCCC(=O)O)cc2C1. The van der Waals surface area contributed by atoms with Crippen molar-refractivity contribution in [3.8, 4) is 0 Å². The normalized spacial score (nSPS) is 12.4. The van der Waals surface area contributed by atoms with Crippen molar-refractivity contribution in [3.05, 3.63) is 29.3 Å². The molecule has 2 rings (SSSR count). The third kappa shape index (κ3) is 7.55. The predicted octanol–water partition coefficient (Wildman–Crippen LogP) is 3.56. The molecule has 8 nitrogen and oxygen atoms in total. The van der Waals surface area contributed by atoms with Gasteiger partial charge in [-0.25, -0.2) is 9.59 Å². The highest BCUT2D eigenvalue weighted by molar-refractivity contribution is 5.89. The number of fused-ring (bicyclic) bond motifs is 1. The number of carboxylic acids is 1. The molecule has 1 aliphatic rings. The fourth-order valence-electron chi connectivity index (χ4n) is 2.39. The van der Waals surface area contributed by atoms with Crippen molar-refractivity contribution >= 4 is 23.8 Å². The van der Waals surface area contributed by atoms with Gasteiger partial charge in [0.05, 0.1) is 6.42 Å². The molecule has 1 aliphatic heterocycles. The molecule has 0 atom stereocenters. The Morgan fingerprint density at radius 1 is 1.15 bits per heavy atom. The number of amides is 3. The van der Waals surface area contributed by atoms with Gasteiger partial charge in [0.25, 0.3) is 0 Å². The summed E-state index contributed by atoms with van der Waals surface area (Å²) in [5.74, 6) is -0.972. The molecule has 0 aliphatic carbocycles. The van der Waals surface area contributed by atoms with Crippen molar-refractivity contribution < 1.29 is 24.2 Å². The summed E-state index contributed by atoms with van der Waals surface area (Å²) in [6.07, 6.45) is -0.507. The molecule has 0 fully saturated rings. The van der Waals surface area contributed by atoms with Crippen LogP contribution in [0.4, 0.5) is 15.3 Å². The first-order chi connectivity index (χ1) is 12.6. The zero-order chi connectivity index (χ0) is 20.6. The van der Waals surface area contributed by atoms with E-state index < -0.39 is 17.6 Å². The number of anilines is 1. The quantitative estimate of drug-likeness (QED) is 0.741. The molecule has 0 saturated heterocycles. The van der Waals surface area contributed by atoms with E-state index in [0.717, 1.165) is 11.1 Å². The third-order valence-corrected chi connectivity index (χ3v) is 3.46. The molecule has 1 heterocycles. The summed E-state index contributed by atoms with van der Waals surface area (Å²) in [7, 11) is 0. The third-order valence-electron chi connectivity index (χ3n) is 3.46. The number of benzene rings is 1. The summed E-state index contributed by atoms with van der Waals surface area (Å²) in [5.41, 5.74) is 1.97. The van der Waals surface area contributed by atoms with Crippen molar-refractivity contribution in [2.45, 2.75) is 59.7 Å². The van der Waals surface area contributed by atoms with Gasteiger partial charge in [0.15, 0.2) is 0 Å². The van der Waals surface area contributed by atoms with Gasteiger partial charge in [-0.2, -0.15) is 0 Å². The van der Waals surface area contributed by atoms with E-state index in [9.17, 15) is 14.4 Å². The smallest absolute Gasteiger partial charge is 0.410 e. The molecule has 0 bridgehead atoms. The first kappa shape index (κ1) is 22.3. The highest BCUT2D eigenvalue weighted by atomic mass is 16.6. The van der Waals surface area contributed by atoms with Crippen molar-refractivity contribution in [1.29, 1.82) is 0 Å².